The van der Waals surface area contributed by atoms with E-state index in [4.69, 9.17) is 14.2 Å². The molecule has 0 aliphatic carbocycles. The molecule has 11 nitrogen and oxygen atoms in total. The third kappa shape index (κ3) is 8.28. The minimum atomic E-state index is -0.994. The van der Waals surface area contributed by atoms with Gasteiger partial charge in [-0.1, -0.05) is 97.5 Å². The number of imide groups is 1. The molecule has 2 fully saturated rings. The van der Waals surface area contributed by atoms with E-state index in [1.165, 1.54) is 18.0 Å². The number of benzene rings is 3. The van der Waals surface area contributed by atoms with Gasteiger partial charge in [-0.05, 0) is 28.3 Å². The van der Waals surface area contributed by atoms with Crippen LogP contribution in [0, 0.1) is 11.1 Å². The summed E-state index contributed by atoms with van der Waals surface area (Å²) in [7, 11) is 0. The van der Waals surface area contributed by atoms with Crippen molar-refractivity contribution in [2.24, 2.45) is 5.92 Å². The Morgan fingerprint density at radius 3 is 2.35 bits per heavy atom. The van der Waals surface area contributed by atoms with E-state index >= 15 is 0 Å². The van der Waals surface area contributed by atoms with Crippen LogP contribution in [-0.4, -0.2) is 45.8 Å². The van der Waals surface area contributed by atoms with Crippen molar-refractivity contribution in [1.29, 1.82) is 0 Å². The number of nitrogens with zero attached hydrogens (tertiary/aromatic N) is 2. The summed E-state index contributed by atoms with van der Waals surface area (Å²) in [6.07, 6.45) is -0.759. The lowest BCUT2D eigenvalue weighted by molar-refractivity contribution is -0.645. The average molecular weight is 684 g/mol. The molecular weight excluding hydrogens is 646 g/mol. The van der Waals surface area contributed by atoms with Gasteiger partial charge in [0, 0.05) is 29.4 Å². The number of aliphatic hydroxyl groups excluding tert-OH is 1. The summed E-state index contributed by atoms with van der Waals surface area (Å²) < 4.78 is 19.1. The van der Waals surface area contributed by atoms with Gasteiger partial charge in [-0.2, -0.15) is 4.73 Å². The van der Waals surface area contributed by atoms with E-state index in [9.17, 15) is 24.7 Å². The first-order valence-electron chi connectivity index (χ1n) is 16.0. The van der Waals surface area contributed by atoms with E-state index in [1.54, 1.807) is 12.1 Å². The predicted molar refractivity (Wildman–Crippen MR) is 179 cm³/mol. The van der Waals surface area contributed by atoms with Gasteiger partial charge in [0.1, 0.15) is 12.6 Å². The van der Waals surface area contributed by atoms with E-state index < -0.39 is 24.3 Å². The van der Waals surface area contributed by atoms with Crippen molar-refractivity contribution in [2.45, 2.75) is 62.7 Å². The van der Waals surface area contributed by atoms with Gasteiger partial charge in [-0.25, -0.2) is 4.79 Å². The van der Waals surface area contributed by atoms with Gasteiger partial charge in [0.05, 0.1) is 31.8 Å². The zero-order valence-electron chi connectivity index (χ0n) is 26.8. The number of ether oxygens (including phenoxy) is 3. The van der Waals surface area contributed by atoms with Crippen LogP contribution in [0.1, 0.15) is 53.6 Å². The van der Waals surface area contributed by atoms with Gasteiger partial charge in [0.25, 0.3) is 10.9 Å². The number of pyridine rings is 1. The van der Waals surface area contributed by atoms with Crippen molar-refractivity contribution in [3.63, 3.8) is 0 Å². The fourth-order valence-corrected chi connectivity index (χ4v) is 6.91. The summed E-state index contributed by atoms with van der Waals surface area (Å²) in [6.45, 7) is 2.09. The first-order valence-corrected chi connectivity index (χ1v) is 17.0. The van der Waals surface area contributed by atoms with Gasteiger partial charge in [-0.15, -0.1) is 0 Å². The van der Waals surface area contributed by atoms with Crippen molar-refractivity contribution in [3.8, 4) is 0 Å². The van der Waals surface area contributed by atoms with Crippen molar-refractivity contribution in [3.05, 3.63) is 136 Å². The van der Waals surface area contributed by atoms with Crippen molar-refractivity contribution >= 4 is 29.7 Å². The number of hydrogen-bond donors (Lipinski definition) is 2. The van der Waals surface area contributed by atoms with Crippen LogP contribution in [0.2, 0.25) is 0 Å². The van der Waals surface area contributed by atoms with Gasteiger partial charge in [0.15, 0.2) is 12.5 Å². The first-order chi connectivity index (χ1) is 23.8. The molecule has 2 aliphatic rings. The summed E-state index contributed by atoms with van der Waals surface area (Å²) in [4.78, 5) is 39.3. The maximum absolute atomic E-state index is 13.1. The Kier molecular flexibility index (Phi) is 10.9. The van der Waals surface area contributed by atoms with E-state index in [2.05, 4.69) is 12.2 Å². The average Bonchev–Trinajstić information content (AvgIpc) is 3.38. The number of hydrogen-bond acceptors (Lipinski definition) is 9. The number of likely N-dealkylation sites (tertiary alicyclic amines) is 1. The van der Waals surface area contributed by atoms with Crippen molar-refractivity contribution in [2.75, 3.05) is 5.75 Å². The summed E-state index contributed by atoms with van der Waals surface area (Å²) in [5.41, 5.74) is 4.02. The minimum Gasteiger partial charge on any atom is -0.618 e. The van der Waals surface area contributed by atoms with Gasteiger partial charge < -0.3 is 29.8 Å². The van der Waals surface area contributed by atoms with Crippen LogP contribution < -0.4 is 10.0 Å². The van der Waals surface area contributed by atoms with Gasteiger partial charge in [-0.3, -0.25) is 14.5 Å². The second-order valence-corrected chi connectivity index (χ2v) is 13.1. The molecule has 3 amide bonds. The molecule has 0 spiro atoms. The zero-order valence-corrected chi connectivity index (χ0v) is 27.7. The number of nitrogens with one attached hydrogen (secondary N) is 1. The largest absolute Gasteiger partial charge is 0.618 e. The van der Waals surface area contributed by atoms with Crippen molar-refractivity contribution in [1.82, 2.24) is 10.2 Å². The molecule has 3 aromatic carbocycles. The lowest BCUT2D eigenvalue weighted by Crippen LogP contribution is -2.41. The molecule has 49 heavy (non-hydrogen) atoms. The highest BCUT2D eigenvalue weighted by Gasteiger charge is 2.41. The number of thioether (sulfide) groups is 1. The molecule has 3 heterocycles. The molecule has 1 unspecified atom stereocenters. The Bertz CT molecular complexity index is 1760. The standard InChI is InChI=1S/C37H37N3O8S/c1-24-31(23-49-33-9-5-6-18-40(33)45)47-36(48-34(24)28-14-12-26(21-41)13-15-28)29-16-10-25(11-17-29)20-39-32(42)19-30(35(39)43)38-37(44)46-22-27-7-3-2-4-8-27/h2-18,24,30-31,34,36,41H,19-23H2,1H3,(H,38,44)/t24-,30?,31+,34+,36+/m0/s1. The van der Waals surface area contributed by atoms with Crippen LogP contribution in [0.3, 0.4) is 0 Å². The molecular formula is C37H37N3O8S. The van der Waals surface area contributed by atoms with Crippen molar-refractivity contribution < 1.29 is 38.4 Å². The van der Waals surface area contributed by atoms with E-state index in [1.807, 2.05) is 84.9 Å². The molecule has 0 saturated carbocycles. The minimum absolute atomic E-state index is 0.0456. The highest BCUT2D eigenvalue weighted by molar-refractivity contribution is 7.99. The Morgan fingerprint density at radius 1 is 0.939 bits per heavy atom. The fraction of sp³-hybridized carbons (Fsp3) is 0.297. The highest BCUT2D eigenvalue weighted by Crippen LogP contribution is 2.43. The molecule has 2 saturated heterocycles. The van der Waals surface area contributed by atoms with E-state index in [0.29, 0.717) is 16.3 Å². The summed E-state index contributed by atoms with van der Waals surface area (Å²) in [5.74, 6) is -0.420. The first kappa shape index (κ1) is 34.1. The molecule has 1 aromatic heterocycles. The molecule has 0 bridgehead atoms. The second kappa shape index (κ2) is 15.6. The van der Waals surface area contributed by atoms with Gasteiger partial charge >= 0.3 is 6.09 Å². The lowest BCUT2D eigenvalue weighted by Gasteiger charge is -2.41. The molecule has 254 valence electrons. The number of rotatable bonds is 11. The Balaban J connectivity index is 1.11. The Labute approximate surface area is 288 Å². The zero-order chi connectivity index (χ0) is 34.3. The number of aromatic nitrogens is 1. The summed E-state index contributed by atoms with van der Waals surface area (Å²) in [6, 6.07) is 28.4. The van der Waals surface area contributed by atoms with Crippen LogP contribution in [0.15, 0.2) is 108 Å². The smallest absolute Gasteiger partial charge is 0.408 e. The van der Waals surface area contributed by atoms with E-state index in [0.717, 1.165) is 31.9 Å². The normalized spacial score (nSPS) is 22.2. The van der Waals surface area contributed by atoms with E-state index in [-0.39, 0.29) is 50.2 Å². The van der Waals surface area contributed by atoms with Crippen LogP contribution in [-0.2, 0) is 43.6 Å². The number of aliphatic hydroxyl groups is 1. The Hall–Kier alpha value is -4.75. The molecule has 0 radical (unpaired) electrons. The Morgan fingerprint density at radius 2 is 1.63 bits per heavy atom. The molecule has 2 aliphatic heterocycles. The number of alkyl carbamates (subject to hydrolysis) is 1. The maximum Gasteiger partial charge on any atom is 0.408 e. The molecule has 5 atom stereocenters. The lowest BCUT2D eigenvalue weighted by atomic mass is 9.91. The molecule has 2 N–H and O–H groups in total. The SMILES string of the molecule is C[C@H]1[C@@H](CSc2cccc[n+]2[O-])O[C@@H](c2ccc(CN3C(=O)CC(NC(=O)OCc4ccccc4)C3=O)cc2)O[C@H]1c1ccc(CO)cc1. The molecule has 4 aromatic rings. The third-order valence-electron chi connectivity index (χ3n) is 8.65. The van der Waals surface area contributed by atoms with Crippen LogP contribution in [0.25, 0.3) is 0 Å². The van der Waals surface area contributed by atoms with Crippen LogP contribution in [0.5, 0.6) is 0 Å². The van der Waals surface area contributed by atoms with Gasteiger partial charge in [0.2, 0.25) is 5.91 Å². The predicted octanol–water partition coefficient (Wildman–Crippen LogP) is 4.95. The molecule has 12 heteroatoms. The van der Waals surface area contributed by atoms with Crippen LogP contribution in [0.4, 0.5) is 4.79 Å². The summed E-state index contributed by atoms with van der Waals surface area (Å²) >= 11 is 1.42. The number of carbonyl (C=O) groups excluding carboxylic acids is 3. The monoisotopic (exact) mass is 683 g/mol. The second-order valence-electron chi connectivity index (χ2n) is 12.0. The topological polar surface area (TPSA) is 141 Å². The number of carbonyl (C=O) groups is 3. The highest BCUT2D eigenvalue weighted by atomic mass is 32.2. The fourth-order valence-electron chi connectivity index (χ4n) is 5.83. The quantitative estimate of drug-likeness (QED) is 0.0973. The maximum atomic E-state index is 13.1. The molecule has 6 rings (SSSR count). The summed E-state index contributed by atoms with van der Waals surface area (Å²) in [5, 5.41) is 24.9. The third-order valence-corrected chi connectivity index (χ3v) is 9.76. The number of amides is 3. The van der Waals surface area contributed by atoms with Crippen LogP contribution >= 0.6 is 11.8 Å².